The SMILES string of the molecule is Cc1cc(-c2nc(C)oc2C(=O)NC(Cc2ccccc2)C(=O)C(N)=O)c(C)o1. The molecule has 0 fully saturated rings. The van der Waals surface area contributed by atoms with Gasteiger partial charge in [-0.05, 0) is 25.5 Å². The van der Waals surface area contributed by atoms with Gasteiger partial charge in [-0.15, -0.1) is 0 Å². The van der Waals surface area contributed by atoms with Gasteiger partial charge in [0, 0.05) is 18.9 Å². The van der Waals surface area contributed by atoms with Crippen LogP contribution in [-0.2, 0) is 16.0 Å². The third kappa shape index (κ3) is 4.43. The molecule has 0 aliphatic rings. The number of furan rings is 1. The summed E-state index contributed by atoms with van der Waals surface area (Å²) in [6, 6.07) is 9.61. The van der Waals surface area contributed by atoms with Gasteiger partial charge in [0.2, 0.25) is 11.5 Å². The average Bonchev–Trinajstić information content (AvgIpc) is 3.22. The second kappa shape index (κ2) is 8.14. The van der Waals surface area contributed by atoms with Crippen LogP contribution in [0.4, 0.5) is 0 Å². The van der Waals surface area contributed by atoms with Gasteiger partial charge in [0.1, 0.15) is 23.3 Å². The first-order valence-electron chi connectivity index (χ1n) is 8.99. The van der Waals surface area contributed by atoms with Crippen molar-refractivity contribution in [2.24, 2.45) is 5.73 Å². The number of oxazole rings is 1. The number of nitrogens with one attached hydrogen (secondary N) is 1. The highest BCUT2D eigenvalue weighted by Crippen LogP contribution is 2.29. The quantitative estimate of drug-likeness (QED) is 0.591. The number of Topliss-reactive ketones (excluding diaryl/α,β-unsaturated/α-hetero) is 1. The van der Waals surface area contributed by atoms with Crippen LogP contribution in [0.15, 0.2) is 45.2 Å². The summed E-state index contributed by atoms with van der Waals surface area (Å²) in [4.78, 5) is 40.9. The van der Waals surface area contributed by atoms with Crippen molar-refractivity contribution >= 4 is 17.6 Å². The molecule has 2 aromatic heterocycles. The molecule has 0 aliphatic carbocycles. The van der Waals surface area contributed by atoms with Gasteiger partial charge in [-0.2, -0.15) is 0 Å². The number of primary amides is 1. The number of carbonyl (C=O) groups is 3. The van der Waals surface area contributed by atoms with Crippen LogP contribution in [0.3, 0.4) is 0 Å². The molecule has 1 atom stereocenters. The highest BCUT2D eigenvalue weighted by Gasteiger charge is 2.29. The van der Waals surface area contributed by atoms with Gasteiger partial charge in [0.05, 0.1) is 0 Å². The first kappa shape index (κ1) is 20.1. The van der Waals surface area contributed by atoms with Crippen LogP contribution in [0.2, 0.25) is 0 Å². The van der Waals surface area contributed by atoms with Gasteiger partial charge in [-0.3, -0.25) is 14.4 Å². The zero-order chi connectivity index (χ0) is 21.1. The largest absolute Gasteiger partial charge is 0.466 e. The van der Waals surface area contributed by atoms with E-state index in [1.807, 2.05) is 6.07 Å². The zero-order valence-electron chi connectivity index (χ0n) is 16.3. The molecule has 0 saturated carbocycles. The third-order valence-corrected chi connectivity index (χ3v) is 4.38. The Labute approximate surface area is 167 Å². The summed E-state index contributed by atoms with van der Waals surface area (Å²) in [5.74, 6) is -1.23. The van der Waals surface area contributed by atoms with Crippen LogP contribution in [0.25, 0.3) is 11.3 Å². The first-order valence-corrected chi connectivity index (χ1v) is 8.99. The Morgan fingerprint density at radius 2 is 1.79 bits per heavy atom. The Bertz CT molecular complexity index is 1070. The lowest BCUT2D eigenvalue weighted by atomic mass is 10.0. The van der Waals surface area contributed by atoms with Gasteiger partial charge in [-0.25, -0.2) is 4.98 Å². The van der Waals surface area contributed by atoms with E-state index in [1.165, 1.54) is 0 Å². The minimum atomic E-state index is -1.13. The molecule has 0 aliphatic heterocycles. The monoisotopic (exact) mass is 395 g/mol. The number of aromatic nitrogens is 1. The van der Waals surface area contributed by atoms with E-state index in [0.29, 0.717) is 22.8 Å². The van der Waals surface area contributed by atoms with Crippen LogP contribution in [0.1, 0.15) is 33.5 Å². The number of carbonyl (C=O) groups excluding carboxylic acids is 3. The van der Waals surface area contributed by atoms with E-state index in [1.54, 1.807) is 51.1 Å². The van der Waals surface area contributed by atoms with Crippen LogP contribution in [0.5, 0.6) is 0 Å². The molecule has 2 heterocycles. The fraction of sp³-hybridized carbons (Fsp3) is 0.238. The molecule has 0 spiro atoms. The molecule has 1 unspecified atom stereocenters. The topological polar surface area (TPSA) is 128 Å². The molecule has 8 nitrogen and oxygen atoms in total. The number of hydrogen-bond acceptors (Lipinski definition) is 6. The maximum Gasteiger partial charge on any atom is 0.290 e. The molecule has 3 N–H and O–H groups in total. The van der Waals surface area contributed by atoms with Crippen molar-refractivity contribution in [3.05, 3.63) is 65.1 Å². The molecule has 3 rings (SSSR count). The van der Waals surface area contributed by atoms with Crippen molar-refractivity contribution in [2.75, 3.05) is 0 Å². The highest BCUT2D eigenvalue weighted by atomic mass is 16.4. The molecule has 3 aromatic rings. The normalized spacial score (nSPS) is 11.8. The standard InChI is InChI=1S/C21H21N3O5/c1-11-9-15(12(2)28-11)17-19(29-13(3)23-17)21(27)24-16(18(25)20(22)26)10-14-7-5-4-6-8-14/h4-9,16H,10H2,1-3H3,(H2,22,26)(H,24,27). The number of ketones is 1. The van der Waals surface area contributed by atoms with Crippen LogP contribution >= 0.6 is 0 Å². The number of aryl methyl sites for hydroxylation is 3. The van der Waals surface area contributed by atoms with E-state index in [4.69, 9.17) is 14.6 Å². The van der Waals surface area contributed by atoms with Crippen molar-refractivity contribution in [1.82, 2.24) is 10.3 Å². The lowest BCUT2D eigenvalue weighted by Crippen LogP contribution is -2.47. The number of benzene rings is 1. The molecular weight excluding hydrogens is 374 g/mol. The van der Waals surface area contributed by atoms with Gasteiger partial charge in [-0.1, -0.05) is 30.3 Å². The van der Waals surface area contributed by atoms with E-state index < -0.39 is 23.6 Å². The van der Waals surface area contributed by atoms with Gasteiger partial charge >= 0.3 is 0 Å². The molecule has 8 heteroatoms. The van der Waals surface area contributed by atoms with Crippen molar-refractivity contribution in [3.8, 4) is 11.3 Å². The number of hydrogen-bond donors (Lipinski definition) is 2. The van der Waals surface area contributed by atoms with Gasteiger partial charge < -0.3 is 19.9 Å². The summed E-state index contributed by atoms with van der Waals surface area (Å²) in [6.07, 6.45) is 0.112. The molecule has 0 radical (unpaired) electrons. The summed E-state index contributed by atoms with van der Waals surface area (Å²) in [7, 11) is 0. The van der Waals surface area contributed by atoms with Crippen LogP contribution in [-0.4, -0.2) is 28.6 Å². The molecular formula is C21H21N3O5. The summed E-state index contributed by atoms with van der Waals surface area (Å²) < 4.78 is 11.0. The second-order valence-electron chi connectivity index (χ2n) is 6.68. The fourth-order valence-corrected chi connectivity index (χ4v) is 3.08. The highest BCUT2D eigenvalue weighted by molar-refractivity contribution is 6.38. The third-order valence-electron chi connectivity index (χ3n) is 4.38. The van der Waals surface area contributed by atoms with E-state index in [0.717, 1.165) is 5.56 Å². The van der Waals surface area contributed by atoms with E-state index in [-0.39, 0.29) is 18.1 Å². The summed E-state index contributed by atoms with van der Waals surface area (Å²) in [5.41, 5.74) is 6.85. The van der Waals surface area contributed by atoms with Gasteiger partial charge in [0.25, 0.3) is 11.8 Å². The molecule has 29 heavy (non-hydrogen) atoms. The number of rotatable bonds is 7. The molecule has 0 bridgehead atoms. The smallest absolute Gasteiger partial charge is 0.290 e. The fourth-order valence-electron chi connectivity index (χ4n) is 3.08. The van der Waals surface area contributed by atoms with E-state index in [2.05, 4.69) is 10.3 Å². The van der Waals surface area contributed by atoms with Crippen molar-refractivity contribution in [3.63, 3.8) is 0 Å². The predicted molar refractivity (Wildman–Crippen MR) is 104 cm³/mol. The second-order valence-corrected chi connectivity index (χ2v) is 6.68. The van der Waals surface area contributed by atoms with Crippen LogP contribution in [0, 0.1) is 20.8 Å². The first-order chi connectivity index (χ1) is 13.8. The van der Waals surface area contributed by atoms with Crippen molar-refractivity contribution in [2.45, 2.75) is 33.2 Å². The molecule has 2 amide bonds. The molecule has 1 aromatic carbocycles. The van der Waals surface area contributed by atoms with E-state index >= 15 is 0 Å². The Morgan fingerprint density at radius 3 is 2.38 bits per heavy atom. The molecule has 0 saturated heterocycles. The average molecular weight is 395 g/mol. The van der Waals surface area contributed by atoms with Crippen molar-refractivity contribution < 1.29 is 23.2 Å². The summed E-state index contributed by atoms with van der Waals surface area (Å²) >= 11 is 0. The Kier molecular flexibility index (Phi) is 5.63. The lowest BCUT2D eigenvalue weighted by Gasteiger charge is -2.16. The predicted octanol–water partition coefficient (Wildman–Crippen LogP) is 2.26. The number of amides is 2. The Morgan fingerprint density at radius 1 is 1.10 bits per heavy atom. The summed E-state index contributed by atoms with van der Waals surface area (Å²) in [5, 5.41) is 2.56. The summed E-state index contributed by atoms with van der Waals surface area (Å²) in [6.45, 7) is 5.14. The minimum absolute atomic E-state index is 0.0678. The maximum atomic E-state index is 12.9. The number of nitrogens with zero attached hydrogens (tertiary/aromatic N) is 1. The Balaban J connectivity index is 1.91. The maximum absolute atomic E-state index is 12.9. The van der Waals surface area contributed by atoms with Crippen molar-refractivity contribution in [1.29, 1.82) is 0 Å². The molecule has 150 valence electrons. The zero-order valence-corrected chi connectivity index (χ0v) is 16.3. The Hall–Kier alpha value is -3.68. The van der Waals surface area contributed by atoms with E-state index in [9.17, 15) is 14.4 Å². The van der Waals surface area contributed by atoms with Gasteiger partial charge in [0.15, 0.2) is 5.89 Å². The lowest BCUT2D eigenvalue weighted by molar-refractivity contribution is -0.137. The van der Waals surface area contributed by atoms with Crippen LogP contribution < -0.4 is 11.1 Å². The minimum Gasteiger partial charge on any atom is -0.466 e. The number of nitrogens with two attached hydrogens (primary N) is 1.